The standard InChI is InChI=1S/C61H73FN8O13/c1-37-32-46-53(49(71)35-47(57(46)74)66-59(75)38(2)12-11-17-50(78-5)58(83-61(63)77)40(4)34-39(3)56(73)51(33-37)79-6)64-24-26-80-28-30-82-31-29-81-27-25-70-55-45-15-9-10-16-48(45)69(36-42-13-7-8-14-44(42)54(55)67-68-70)52(72)22-23-65-60(76)41-18-20-43(62)21-19-41/h7-21,34-35,37,39,50-51,56,58,64,73H,22-33,36H2,1-6H3,(H2,63,77)(H,65,76)(H,66,75)/b17-11-,38-12+,40-34+/t37-,39+,50+,51+,56-,58+/m1/s1. The first-order chi connectivity index (χ1) is 40.0. The lowest BCUT2D eigenvalue weighted by Crippen LogP contribution is -2.38. The van der Waals surface area contributed by atoms with Crippen LogP contribution in [0.25, 0.3) is 22.5 Å². The molecule has 7 rings (SSSR count). The summed E-state index contributed by atoms with van der Waals surface area (Å²) < 4.78 is 49.6. The van der Waals surface area contributed by atoms with Gasteiger partial charge in [0, 0.05) is 73.6 Å². The average molecular weight is 1150 g/mol. The number of para-hydroxylation sites is 1. The van der Waals surface area contributed by atoms with Gasteiger partial charge in [0.15, 0.2) is 6.10 Å². The van der Waals surface area contributed by atoms with E-state index in [-0.39, 0.29) is 113 Å². The summed E-state index contributed by atoms with van der Waals surface area (Å²) in [5.41, 5.74) is 11.0. The molecular formula is C61H73FN8O13. The number of aliphatic hydroxyl groups is 1. The molecule has 3 aromatic carbocycles. The Morgan fingerprint density at radius 2 is 1.55 bits per heavy atom. The number of primary amides is 1. The lowest BCUT2D eigenvalue weighted by atomic mass is 9.85. The van der Waals surface area contributed by atoms with Gasteiger partial charge in [-0.15, -0.1) is 5.10 Å². The fourth-order valence-corrected chi connectivity index (χ4v) is 10.0. The molecule has 2 aliphatic heterocycles. The lowest BCUT2D eigenvalue weighted by Gasteiger charge is -2.30. The zero-order valence-electron chi connectivity index (χ0n) is 47.6. The highest BCUT2D eigenvalue weighted by Gasteiger charge is 2.34. The van der Waals surface area contributed by atoms with Crippen molar-refractivity contribution >= 4 is 41.1 Å². The fraction of sp³-hybridized carbons (Fsp3) is 0.410. The van der Waals surface area contributed by atoms with Crippen molar-refractivity contribution in [3.8, 4) is 22.5 Å². The molecule has 442 valence electrons. The fourth-order valence-electron chi connectivity index (χ4n) is 10.0. The van der Waals surface area contributed by atoms with Crippen LogP contribution in [-0.2, 0) is 60.7 Å². The number of methoxy groups -OCH3 is 2. The van der Waals surface area contributed by atoms with E-state index in [0.29, 0.717) is 34.8 Å². The zero-order chi connectivity index (χ0) is 59.6. The maximum atomic E-state index is 14.2. The largest absolute Gasteiger partial charge is 0.439 e. The quantitative estimate of drug-likeness (QED) is 0.0395. The summed E-state index contributed by atoms with van der Waals surface area (Å²) in [6.07, 6.45) is 3.28. The molecule has 4 aromatic rings. The van der Waals surface area contributed by atoms with Crippen LogP contribution >= 0.6 is 0 Å². The number of ketones is 2. The first-order valence-electron chi connectivity index (χ1n) is 27.5. The zero-order valence-corrected chi connectivity index (χ0v) is 47.6. The molecule has 1 aliphatic carbocycles. The first-order valence-corrected chi connectivity index (χ1v) is 27.5. The van der Waals surface area contributed by atoms with Crippen LogP contribution in [0.1, 0.15) is 62.9 Å². The number of carbonyl (C=O) groups is 6. The van der Waals surface area contributed by atoms with Gasteiger partial charge in [0.05, 0.1) is 87.7 Å². The molecule has 0 spiro atoms. The van der Waals surface area contributed by atoms with Crippen molar-refractivity contribution in [2.75, 3.05) is 71.9 Å². The number of hydrogen-bond donors (Lipinski definition) is 5. The van der Waals surface area contributed by atoms with Gasteiger partial charge in [-0.3, -0.25) is 24.0 Å². The maximum absolute atomic E-state index is 14.2. The number of rotatable bonds is 20. The highest BCUT2D eigenvalue weighted by atomic mass is 19.1. The number of hydrogen-bond acceptors (Lipinski definition) is 16. The number of nitrogens with zero attached hydrogens (tertiary/aromatic N) is 4. The molecule has 0 radical (unpaired) electrons. The Labute approximate surface area is 481 Å². The van der Waals surface area contributed by atoms with E-state index in [9.17, 15) is 38.3 Å². The van der Waals surface area contributed by atoms with Crippen LogP contribution in [0.3, 0.4) is 0 Å². The number of anilines is 1. The normalized spacial score (nSPS) is 22.2. The molecule has 1 aromatic heterocycles. The van der Waals surface area contributed by atoms with Crippen LogP contribution in [0, 0.1) is 17.7 Å². The monoisotopic (exact) mass is 1140 g/mol. The van der Waals surface area contributed by atoms with Gasteiger partial charge in [0.25, 0.3) is 11.8 Å². The second-order valence-electron chi connectivity index (χ2n) is 20.4. The summed E-state index contributed by atoms with van der Waals surface area (Å²) in [6.45, 7) is 9.22. The van der Waals surface area contributed by atoms with Crippen molar-refractivity contribution in [1.82, 2.24) is 30.9 Å². The van der Waals surface area contributed by atoms with Crippen LogP contribution < -0.4 is 26.6 Å². The molecule has 4 amide bonds. The average Bonchev–Trinajstić information content (AvgIpc) is 4.13. The summed E-state index contributed by atoms with van der Waals surface area (Å²) in [6, 6.07) is 20.5. The molecule has 22 heteroatoms. The molecule has 6 N–H and O–H groups in total. The van der Waals surface area contributed by atoms with E-state index in [0.717, 1.165) is 22.8 Å². The number of benzene rings is 3. The Balaban J connectivity index is 0.908. The smallest absolute Gasteiger partial charge is 0.405 e. The highest BCUT2D eigenvalue weighted by Crippen LogP contribution is 2.41. The molecule has 6 atom stereocenters. The minimum Gasteiger partial charge on any atom is -0.439 e. The molecule has 3 aliphatic rings. The van der Waals surface area contributed by atoms with Gasteiger partial charge in [-0.1, -0.05) is 85.8 Å². The minimum absolute atomic E-state index is 0.0154. The number of aromatic nitrogens is 3. The number of carbonyl (C=O) groups excluding carboxylic acids is 6. The van der Waals surface area contributed by atoms with Crippen LogP contribution in [-0.4, -0.2) is 147 Å². The Morgan fingerprint density at radius 1 is 0.867 bits per heavy atom. The van der Waals surface area contributed by atoms with Gasteiger partial charge in [-0.25, -0.2) is 13.9 Å². The van der Waals surface area contributed by atoms with Gasteiger partial charge in [-0.05, 0) is 74.1 Å². The summed E-state index contributed by atoms with van der Waals surface area (Å²) in [4.78, 5) is 81.7. The maximum Gasteiger partial charge on any atom is 0.405 e. The number of allylic oxidation sites excluding steroid dienone is 4. The van der Waals surface area contributed by atoms with Crippen molar-refractivity contribution in [1.29, 1.82) is 0 Å². The Kier molecular flexibility index (Phi) is 22.9. The van der Waals surface area contributed by atoms with E-state index in [1.165, 1.54) is 57.6 Å². The first kappa shape index (κ1) is 62.6. The van der Waals surface area contributed by atoms with Crippen molar-refractivity contribution in [3.05, 3.63) is 148 Å². The number of nitrogens with one attached hydrogen (secondary N) is 3. The predicted octanol–water partition coefficient (Wildman–Crippen LogP) is 5.83. The van der Waals surface area contributed by atoms with Gasteiger partial charge < -0.3 is 60.1 Å². The number of Topliss-reactive ketones (excluding diaryl/α,β-unsaturated/α-hetero) is 1. The third kappa shape index (κ3) is 16.6. The number of aliphatic hydroxyl groups excluding tert-OH is 1. The van der Waals surface area contributed by atoms with Gasteiger partial charge in [-0.2, -0.15) is 0 Å². The van der Waals surface area contributed by atoms with Crippen LogP contribution in [0.15, 0.2) is 131 Å². The second-order valence-corrected chi connectivity index (χ2v) is 20.4. The lowest BCUT2D eigenvalue weighted by molar-refractivity contribution is -0.120. The van der Waals surface area contributed by atoms with E-state index >= 15 is 0 Å². The van der Waals surface area contributed by atoms with Gasteiger partial charge in [0.2, 0.25) is 17.5 Å². The van der Waals surface area contributed by atoms with E-state index in [4.69, 9.17) is 34.2 Å². The van der Waals surface area contributed by atoms with Gasteiger partial charge in [0.1, 0.15) is 17.6 Å². The van der Waals surface area contributed by atoms with E-state index in [1.807, 2.05) is 55.5 Å². The molecule has 0 saturated carbocycles. The third-order valence-corrected chi connectivity index (χ3v) is 14.4. The summed E-state index contributed by atoms with van der Waals surface area (Å²) >= 11 is 0. The van der Waals surface area contributed by atoms with E-state index in [2.05, 4.69) is 26.3 Å². The summed E-state index contributed by atoms with van der Waals surface area (Å²) in [5, 5.41) is 29.1. The third-order valence-electron chi connectivity index (χ3n) is 14.4. The Hall–Kier alpha value is -7.99. The van der Waals surface area contributed by atoms with Gasteiger partial charge >= 0.3 is 6.09 Å². The number of amides is 4. The SMILES string of the molecule is CO[C@H]1/C=C\C=C(/C)C(=O)NC2=CC(=O)C(NCCOCCOCCOCCn3nnc4c3-c3ccccc3N(C(=O)CCNC(=O)c3ccc(F)cc3)Cc3ccccc3-4)=C(C[C@@H](C)C[C@H](OC)[C@H](O)[C@@H](C)/C=C(\C)[C@@H]1OC(N)=O)C2=O. The van der Waals surface area contributed by atoms with E-state index < -0.39 is 65.6 Å². The Morgan fingerprint density at radius 3 is 2.27 bits per heavy atom. The number of fused-ring (bicyclic) bond motifs is 7. The molecule has 21 nitrogen and oxygen atoms in total. The summed E-state index contributed by atoms with van der Waals surface area (Å²) in [5.74, 6) is -3.55. The number of ether oxygens (including phenoxy) is 6. The van der Waals surface area contributed by atoms with Crippen LogP contribution in [0.4, 0.5) is 14.9 Å². The number of nitrogens with two attached hydrogens (primary N) is 1. The molecule has 0 saturated heterocycles. The predicted molar refractivity (Wildman–Crippen MR) is 305 cm³/mol. The molecular weight excluding hydrogens is 1070 g/mol. The van der Waals surface area contributed by atoms with E-state index in [1.54, 1.807) is 35.6 Å². The van der Waals surface area contributed by atoms with Crippen LogP contribution in [0.2, 0.25) is 0 Å². The molecule has 2 bridgehead atoms. The topological polar surface area (TPSA) is 274 Å². The minimum atomic E-state index is -1.03. The Bertz CT molecular complexity index is 3130. The molecule has 0 fully saturated rings. The van der Waals surface area contributed by atoms with Crippen molar-refractivity contribution in [2.24, 2.45) is 17.6 Å². The van der Waals surface area contributed by atoms with Crippen molar-refractivity contribution in [2.45, 2.75) is 84.5 Å². The molecule has 0 unspecified atom stereocenters. The second kappa shape index (κ2) is 30.4. The molecule has 3 heterocycles. The van der Waals surface area contributed by atoms with Crippen molar-refractivity contribution in [3.63, 3.8) is 0 Å². The molecule has 83 heavy (non-hydrogen) atoms. The number of halogens is 1. The van der Waals surface area contributed by atoms with Crippen LogP contribution in [0.5, 0.6) is 0 Å². The van der Waals surface area contributed by atoms with Crippen molar-refractivity contribution < 1.29 is 66.7 Å². The summed E-state index contributed by atoms with van der Waals surface area (Å²) in [7, 11) is 2.90. The highest BCUT2D eigenvalue weighted by molar-refractivity contribution is 6.23.